The fourth-order valence-electron chi connectivity index (χ4n) is 1.25. The molecule has 2 heterocycles. The lowest BCUT2D eigenvalue weighted by atomic mass is 10.3. The summed E-state index contributed by atoms with van der Waals surface area (Å²) >= 11 is 2.61. The van der Waals surface area contributed by atoms with E-state index in [4.69, 9.17) is 5.11 Å². The molecule has 2 N–H and O–H groups in total. The maximum Gasteiger partial charge on any atom is 0.305 e. The number of thioether (sulfide) groups is 1. The molecule has 1 atom stereocenters. The van der Waals surface area contributed by atoms with Crippen molar-refractivity contribution >= 4 is 46.4 Å². The molecule has 1 aliphatic heterocycles. The van der Waals surface area contributed by atoms with Gasteiger partial charge in [-0.25, -0.2) is 0 Å². The first-order chi connectivity index (χ1) is 8.65. The van der Waals surface area contributed by atoms with Crippen LogP contribution in [-0.4, -0.2) is 33.6 Å². The van der Waals surface area contributed by atoms with Crippen molar-refractivity contribution in [3.8, 4) is 0 Å². The van der Waals surface area contributed by atoms with Gasteiger partial charge < -0.3 is 10.4 Å². The summed E-state index contributed by atoms with van der Waals surface area (Å²) < 4.78 is 0. The number of carbonyl (C=O) groups excluding carboxylic acids is 1. The predicted molar refractivity (Wildman–Crippen MR) is 71.1 cm³/mol. The molecule has 1 aliphatic rings. The van der Waals surface area contributed by atoms with E-state index in [-0.39, 0.29) is 12.3 Å². The lowest BCUT2D eigenvalue weighted by Crippen LogP contribution is -2.26. The van der Waals surface area contributed by atoms with E-state index in [0.29, 0.717) is 5.17 Å². The van der Waals surface area contributed by atoms with Gasteiger partial charge in [-0.15, -0.1) is 16.4 Å². The van der Waals surface area contributed by atoms with Crippen molar-refractivity contribution in [2.75, 3.05) is 0 Å². The first-order valence-corrected chi connectivity index (χ1v) is 6.75. The third-order valence-electron chi connectivity index (χ3n) is 2.01. The summed E-state index contributed by atoms with van der Waals surface area (Å²) in [4.78, 5) is 22.9. The molecule has 0 aromatic carbocycles. The van der Waals surface area contributed by atoms with E-state index in [1.165, 1.54) is 11.3 Å². The third kappa shape index (κ3) is 3.41. The van der Waals surface area contributed by atoms with Gasteiger partial charge in [0.2, 0.25) is 5.91 Å². The van der Waals surface area contributed by atoms with Gasteiger partial charge in [0.15, 0.2) is 5.17 Å². The summed E-state index contributed by atoms with van der Waals surface area (Å²) in [5.74, 6) is -1.35. The second kappa shape index (κ2) is 5.78. The topological polar surface area (TPSA) is 91.1 Å². The van der Waals surface area contributed by atoms with Gasteiger partial charge in [0.1, 0.15) is 5.25 Å². The molecule has 94 valence electrons. The summed E-state index contributed by atoms with van der Waals surface area (Å²) in [5.41, 5.74) is 0. The lowest BCUT2D eigenvalue weighted by molar-refractivity contribution is -0.138. The number of carbonyl (C=O) groups is 2. The highest BCUT2D eigenvalue weighted by Crippen LogP contribution is 2.22. The van der Waals surface area contributed by atoms with Crippen molar-refractivity contribution < 1.29 is 14.7 Å². The number of hydrogen-bond acceptors (Lipinski definition) is 6. The molecule has 8 heteroatoms. The minimum Gasteiger partial charge on any atom is -0.481 e. The van der Waals surface area contributed by atoms with Gasteiger partial charge in [0.05, 0.1) is 12.6 Å². The molecule has 0 bridgehead atoms. The van der Waals surface area contributed by atoms with Gasteiger partial charge in [0.25, 0.3) is 0 Å². The number of rotatable bonds is 4. The molecule has 0 unspecified atom stereocenters. The van der Waals surface area contributed by atoms with Gasteiger partial charge in [-0.05, 0) is 11.4 Å². The molecule has 1 amide bonds. The van der Waals surface area contributed by atoms with E-state index in [9.17, 15) is 9.59 Å². The van der Waals surface area contributed by atoms with Crippen molar-refractivity contribution in [1.82, 2.24) is 5.32 Å². The number of amides is 1. The van der Waals surface area contributed by atoms with Gasteiger partial charge in [0, 0.05) is 4.88 Å². The third-order valence-corrected chi connectivity index (χ3v) is 3.89. The van der Waals surface area contributed by atoms with Crippen LogP contribution in [0, 0.1) is 0 Å². The van der Waals surface area contributed by atoms with Crippen molar-refractivity contribution in [1.29, 1.82) is 0 Å². The number of thiophene rings is 1. The second-order valence-corrected chi connectivity index (χ2v) is 5.53. The number of carboxylic acids is 1. The normalized spacial score (nSPS) is 21.7. The molecule has 6 nitrogen and oxygen atoms in total. The summed E-state index contributed by atoms with van der Waals surface area (Å²) in [6.07, 6.45) is 1.36. The van der Waals surface area contributed by atoms with Crippen LogP contribution in [0.15, 0.2) is 27.7 Å². The predicted octanol–water partition coefficient (Wildman–Crippen LogP) is 1.14. The van der Waals surface area contributed by atoms with E-state index in [1.54, 1.807) is 6.21 Å². The van der Waals surface area contributed by atoms with E-state index in [0.717, 1.165) is 16.6 Å². The van der Waals surface area contributed by atoms with Crippen LogP contribution in [-0.2, 0) is 9.59 Å². The van der Waals surface area contributed by atoms with Crippen molar-refractivity contribution in [2.24, 2.45) is 10.2 Å². The number of carboxylic acid groups (broad SMARTS) is 1. The highest BCUT2D eigenvalue weighted by atomic mass is 32.2. The Labute approximate surface area is 111 Å². The molecule has 1 aromatic heterocycles. The van der Waals surface area contributed by atoms with Crippen molar-refractivity contribution in [2.45, 2.75) is 11.7 Å². The summed E-state index contributed by atoms with van der Waals surface area (Å²) in [6.45, 7) is 0. The summed E-state index contributed by atoms with van der Waals surface area (Å²) in [7, 11) is 0. The van der Waals surface area contributed by atoms with Crippen LogP contribution < -0.4 is 5.32 Å². The molecule has 0 saturated carbocycles. The molecular weight excluding hydrogens is 274 g/mol. The molecule has 0 spiro atoms. The molecule has 0 aliphatic carbocycles. The van der Waals surface area contributed by atoms with Crippen LogP contribution >= 0.6 is 23.1 Å². The fraction of sp³-hybridized carbons (Fsp3) is 0.200. The Bertz CT molecular complexity index is 510. The second-order valence-electron chi connectivity index (χ2n) is 3.36. The summed E-state index contributed by atoms with van der Waals surface area (Å²) in [6, 6.07) is 3.79. The molecule has 2 rings (SSSR count). The van der Waals surface area contributed by atoms with Gasteiger partial charge in [-0.1, -0.05) is 17.8 Å². The number of aliphatic carboxylic acids is 1. The Kier molecular flexibility index (Phi) is 4.11. The SMILES string of the molecule is O=C(O)C[C@H]1SC(=NN=Cc2cccs2)NC1=O. The van der Waals surface area contributed by atoms with Crippen LogP contribution in [0.25, 0.3) is 0 Å². The fourth-order valence-corrected chi connectivity index (χ4v) is 2.74. The Balaban J connectivity index is 1.95. The zero-order chi connectivity index (χ0) is 13.0. The van der Waals surface area contributed by atoms with Gasteiger partial charge >= 0.3 is 5.97 Å². The van der Waals surface area contributed by atoms with E-state index in [1.807, 2.05) is 17.5 Å². The quantitative estimate of drug-likeness (QED) is 0.640. The zero-order valence-corrected chi connectivity index (χ0v) is 10.7. The Hall–Kier alpha value is -1.67. The van der Waals surface area contributed by atoms with Crippen LogP contribution in [0.5, 0.6) is 0 Å². The van der Waals surface area contributed by atoms with Crippen molar-refractivity contribution in [3.63, 3.8) is 0 Å². The minimum atomic E-state index is -1.01. The zero-order valence-electron chi connectivity index (χ0n) is 9.07. The van der Waals surface area contributed by atoms with Crippen LogP contribution in [0.1, 0.15) is 11.3 Å². The first kappa shape index (κ1) is 12.8. The monoisotopic (exact) mass is 283 g/mol. The maximum absolute atomic E-state index is 11.4. The highest BCUT2D eigenvalue weighted by molar-refractivity contribution is 8.15. The molecule has 1 aromatic rings. The number of nitrogens with one attached hydrogen (secondary N) is 1. The number of amidine groups is 1. The Morgan fingerprint density at radius 3 is 3.11 bits per heavy atom. The van der Waals surface area contributed by atoms with E-state index >= 15 is 0 Å². The van der Waals surface area contributed by atoms with Gasteiger partial charge in [-0.2, -0.15) is 5.10 Å². The van der Waals surface area contributed by atoms with E-state index in [2.05, 4.69) is 15.5 Å². The standard InChI is InChI=1S/C10H9N3O3S2/c14-8(15)4-7-9(16)12-10(18-7)13-11-5-6-2-1-3-17-6/h1-3,5,7H,4H2,(H,14,15)(H,12,13,16)/t7-/m1/s1. The Morgan fingerprint density at radius 2 is 2.44 bits per heavy atom. The molecule has 1 fully saturated rings. The molecule has 18 heavy (non-hydrogen) atoms. The van der Waals surface area contributed by atoms with Crippen LogP contribution in [0.4, 0.5) is 0 Å². The average molecular weight is 283 g/mol. The molecule has 0 radical (unpaired) electrons. The van der Waals surface area contributed by atoms with Crippen LogP contribution in [0.2, 0.25) is 0 Å². The number of hydrogen-bond donors (Lipinski definition) is 2. The highest BCUT2D eigenvalue weighted by Gasteiger charge is 2.32. The van der Waals surface area contributed by atoms with Crippen LogP contribution in [0.3, 0.4) is 0 Å². The largest absolute Gasteiger partial charge is 0.481 e. The molecule has 1 saturated heterocycles. The van der Waals surface area contributed by atoms with E-state index < -0.39 is 11.2 Å². The minimum absolute atomic E-state index is 0.218. The smallest absolute Gasteiger partial charge is 0.305 e. The first-order valence-electron chi connectivity index (χ1n) is 4.99. The van der Waals surface area contributed by atoms with Gasteiger partial charge in [-0.3, -0.25) is 9.59 Å². The molecular formula is C10H9N3O3S2. The maximum atomic E-state index is 11.4. The lowest BCUT2D eigenvalue weighted by Gasteiger charge is -1.97. The average Bonchev–Trinajstić information content (AvgIpc) is 2.90. The number of nitrogens with zero attached hydrogens (tertiary/aromatic N) is 2. The Morgan fingerprint density at radius 1 is 1.61 bits per heavy atom. The van der Waals surface area contributed by atoms with Crippen molar-refractivity contribution in [3.05, 3.63) is 22.4 Å². The summed E-state index contributed by atoms with van der Waals surface area (Å²) in [5, 5.41) is 20.4.